The predicted molar refractivity (Wildman–Crippen MR) is 184 cm³/mol. The molecular formula is C28H40Cl2N12O7. The highest BCUT2D eigenvalue weighted by Crippen LogP contribution is 2.41. The van der Waals surface area contributed by atoms with Crippen molar-refractivity contribution in [1.82, 2.24) is 4.59 Å². The monoisotopic (exact) mass is 726 g/mol. The number of hydrogen-bond donors (Lipinski definition) is 11. The Balaban J connectivity index is 0.000000663. The topological polar surface area (TPSA) is 367 Å². The summed E-state index contributed by atoms with van der Waals surface area (Å²) < 4.78 is -0.960. The van der Waals surface area contributed by atoms with Gasteiger partial charge in [-0.1, -0.05) is 47.6 Å². The Hall–Kier alpha value is -5.37. The molecule has 268 valence electrons. The molecule has 0 amide bonds. The Morgan fingerprint density at radius 3 is 1.94 bits per heavy atom. The van der Waals surface area contributed by atoms with Crippen LogP contribution in [0.5, 0.6) is 0 Å². The number of nitrogens with zero attached hydrogens (tertiary/aromatic N) is 4. The van der Waals surface area contributed by atoms with Crippen LogP contribution in [0.2, 0.25) is 10.0 Å². The summed E-state index contributed by atoms with van der Waals surface area (Å²) in [4.78, 5) is 35.4. The van der Waals surface area contributed by atoms with E-state index < -0.39 is 57.9 Å². The average Bonchev–Trinajstić information content (AvgIpc) is 2.97. The maximum absolute atomic E-state index is 12.3. The number of halogens is 2. The van der Waals surface area contributed by atoms with E-state index in [9.17, 15) is 29.7 Å². The molecule has 0 saturated carbocycles. The molecule has 0 aliphatic carbocycles. The van der Waals surface area contributed by atoms with E-state index in [1.54, 1.807) is 24.3 Å². The SMILES string of the molecule is CCCCCC[N+](N=C(N)N)(C(=N)N)c1ccc(Cl)cc1C(C(=O)O)C(O)(CC(=O)O)C(=O)[O-].N=C(N)N(N=C(N)N)c1ccc(Cl)cc1. The molecule has 21 heteroatoms. The Morgan fingerprint density at radius 2 is 1.51 bits per heavy atom. The van der Waals surface area contributed by atoms with Gasteiger partial charge in [-0.3, -0.25) is 15.0 Å². The van der Waals surface area contributed by atoms with Crippen LogP contribution in [0.15, 0.2) is 52.7 Å². The zero-order chi connectivity index (χ0) is 37.7. The van der Waals surface area contributed by atoms with Gasteiger partial charge < -0.3 is 59.6 Å². The molecule has 3 atom stereocenters. The van der Waals surface area contributed by atoms with Gasteiger partial charge >= 0.3 is 17.9 Å². The number of quaternary nitrogens is 1. The smallest absolute Gasteiger partial charge is 0.324 e. The van der Waals surface area contributed by atoms with Crippen LogP contribution in [0.25, 0.3) is 0 Å². The Labute approximate surface area is 290 Å². The van der Waals surface area contributed by atoms with Crippen molar-refractivity contribution in [2.75, 3.05) is 11.6 Å². The fraction of sp³-hybridized carbons (Fsp3) is 0.321. The summed E-state index contributed by atoms with van der Waals surface area (Å²) >= 11 is 11.8. The number of aliphatic hydroxyl groups is 1. The third-order valence-corrected chi connectivity index (χ3v) is 7.22. The molecule has 19 nitrogen and oxygen atoms in total. The molecule has 2 rings (SSSR count). The molecule has 0 fully saturated rings. The summed E-state index contributed by atoms with van der Waals surface area (Å²) in [6.07, 6.45) is 1.30. The molecule has 2 aromatic rings. The number of carboxylic acids is 3. The number of hydrogen-bond acceptors (Lipinski definition) is 9. The fourth-order valence-corrected chi connectivity index (χ4v) is 4.96. The van der Waals surface area contributed by atoms with Crippen molar-refractivity contribution < 1.29 is 34.8 Å². The number of carboxylic acid groups (broad SMARTS) is 3. The lowest BCUT2D eigenvalue weighted by Gasteiger charge is -2.37. The van der Waals surface area contributed by atoms with Gasteiger partial charge in [-0.05, 0) is 54.3 Å². The lowest BCUT2D eigenvalue weighted by atomic mass is 9.78. The van der Waals surface area contributed by atoms with Gasteiger partial charge in [0.1, 0.15) is 18.1 Å². The largest absolute Gasteiger partial charge is 0.547 e. The molecule has 0 heterocycles. The number of rotatable bonds is 15. The maximum Gasteiger partial charge on any atom is 0.324 e. The van der Waals surface area contributed by atoms with Gasteiger partial charge in [0.15, 0.2) is 5.69 Å². The molecule has 0 radical (unpaired) electrons. The summed E-state index contributed by atoms with van der Waals surface area (Å²) in [6, 6.07) is 10.2. The van der Waals surface area contributed by atoms with E-state index >= 15 is 0 Å². The van der Waals surface area contributed by atoms with Crippen LogP contribution < -0.4 is 49.1 Å². The first-order valence-corrected chi connectivity index (χ1v) is 15.0. The van der Waals surface area contributed by atoms with E-state index in [-0.39, 0.29) is 29.2 Å². The van der Waals surface area contributed by atoms with Crippen LogP contribution in [0.1, 0.15) is 50.5 Å². The van der Waals surface area contributed by atoms with Crippen LogP contribution in [-0.2, 0) is 14.4 Å². The average molecular weight is 728 g/mol. The van der Waals surface area contributed by atoms with Crippen molar-refractivity contribution in [2.45, 2.75) is 50.5 Å². The number of benzene rings is 2. The van der Waals surface area contributed by atoms with Gasteiger partial charge in [0.05, 0.1) is 18.1 Å². The highest BCUT2D eigenvalue weighted by Gasteiger charge is 2.50. The lowest BCUT2D eigenvalue weighted by molar-refractivity contribution is -0.326. The van der Waals surface area contributed by atoms with Crippen molar-refractivity contribution in [1.29, 1.82) is 10.8 Å². The highest BCUT2D eigenvalue weighted by atomic mass is 35.5. The molecule has 0 saturated heterocycles. The third kappa shape index (κ3) is 11.4. The van der Waals surface area contributed by atoms with E-state index in [2.05, 4.69) is 10.2 Å². The zero-order valence-corrected chi connectivity index (χ0v) is 27.9. The van der Waals surface area contributed by atoms with Gasteiger partial charge in [0, 0.05) is 21.7 Å². The number of aliphatic carboxylic acids is 3. The molecule has 17 N–H and O–H groups in total. The minimum atomic E-state index is -3.40. The maximum atomic E-state index is 12.3. The first kappa shape index (κ1) is 41.7. The first-order valence-electron chi connectivity index (χ1n) is 14.2. The summed E-state index contributed by atoms with van der Waals surface area (Å²) in [5, 5.41) is 66.5. The molecule has 2 aromatic carbocycles. The van der Waals surface area contributed by atoms with E-state index in [4.69, 9.17) is 73.5 Å². The first-order chi connectivity index (χ1) is 22.7. The second-order valence-electron chi connectivity index (χ2n) is 10.4. The standard InChI is InChI=1S/C20H29ClN6O7.C8H11ClN6/c1-2-3-4-5-8-27(19(24)25,26-18(22)23)13-7-6-11(21)9-12(13)15(16(30)31)20(34,17(32)33)10-14(28)29;9-5-1-3-6(4-2-5)15(8(12)13)14-7(10)11/h6-7,9,15,34H,2-5,8,10H2,1H3,(H9-,22,23,24,25,26,28,29,30,31,32,33);1-4H,(H3,12,13)(H4,10,11,14). The van der Waals surface area contributed by atoms with Gasteiger partial charge in [0.2, 0.25) is 17.9 Å². The van der Waals surface area contributed by atoms with Crippen LogP contribution >= 0.6 is 23.2 Å². The third-order valence-electron chi connectivity index (χ3n) is 6.73. The molecule has 3 unspecified atom stereocenters. The van der Waals surface area contributed by atoms with E-state index in [1.807, 2.05) is 6.92 Å². The van der Waals surface area contributed by atoms with E-state index in [0.29, 0.717) is 23.6 Å². The number of nitrogens with two attached hydrogens (primary N) is 6. The summed E-state index contributed by atoms with van der Waals surface area (Å²) in [7, 11) is 0. The minimum absolute atomic E-state index is 0.0309. The second kappa shape index (κ2) is 18.2. The van der Waals surface area contributed by atoms with Gasteiger partial charge in [-0.25, -0.2) is 5.41 Å². The summed E-state index contributed by atoms with van der Waals surface area (Å²) in [5.41, 5.74) is 29.3. The van der Waals surface area contributed by atoms with E-state index in [1.165, 1.54) is 12.1 Å². The van der Waals surface area contributed by atoms with Crippen molar-refractivity contribution >= 4 is 76.3 Å². The second-order valence-corrected chi connectivity index (χ2v) is 11.3. The Kier molecular flexibility index (Phi) is 15.5. The number of unbranched alkanes of at least 4 members (excludes halogenated alkanes) is 3. The number of carbonyl (C=O) groups excluding carboxylic acids is 1. The number of anilines is 1. The molecule has 49 heavy (non-hydrogen) atoms. The van der Waals surface area contributed by atoms with Crippen LogP contribution in [-0.4, -0.2) is 69.2 Å². The minimum Gasteiger partial charge on any atom is -0.547 e. The Bertz CT molecular complexity index is 1580. The van der Waals surface area contributed by atoms with Crippen LogP contribution in [0, 0.1) is 10.8 Å². The zero-order valence-electron chi connectivity index (χ0n) is 26.3. The quantitative estimate of drug-likeness (QED) is 0.0368. The highest BCUT2D eigenvalue weighted by molar-refractivity contribution is 6.31. The number of hydrazone groups is 1. The Morgan fingerprint density at radius 1 is 0.939 bits per heavy atom. The van der Waals surface area contributed by atoms with Crippen molar-refractivity contribution in [3.05, 3.63) is 58.1 Å². The summed E-state index contributed by atoms with van der Waals surface area (Å²) in [5.74, 6) is -10.0. The molecule has 0 spiro atoms. The molecule has 0 aromatic heterocycles. The van der Waals surface area contributed by atoms with E-state index in [0.717, 1.165) is 23.9 Å². The number of carbonyl (C=O) groups is 3. The van der Waals surface area contributed by atoms with Crippen molar-refractivity contribution in [2.24, 2.45) is 44.6 Å². The van der Waals surface area contributed by atoms with Gasteiger partial charge in [-0.15, -0.1) is 5.10 Å². The lowest BCUT2D eigenvalue weighted by Crippen LogP contribution is -2.58. The summed E-state index contributed by atoms with van der Waals surface area (Å²) in [6.45, 7) is 1.94. The van der Waals surface area contributed by atoms with Gasteiger partial charge in [0.25, 0.3) is 0 Å². The number of nitrogens with one attached hydrogen (secondary N) is 2. The predicted octanol–water partition coefficient (Wildman–Crippen LogP) is -0.338. The number of guanidine groups is 4. The van der Waals surface area contributed by atoms with Crippen molar-refractivity contribution in [3.63, 3.8) is 0 Å². The molecule has 0 aliphatic heterocycles. The fourth-order valence-electron chi connectivity index (χ4n) is 4.65. The normalized spacial score (nSPS) is 13.6. The molecular weight excluding hydrogens is 687 g/mol. The molecule has 0 aliphatic rings. The van der Waals surface area contributed by atoms with Crippen LogP contribution in [0.4, 0.5) is 11.4 Å². The van der Waals surface area contributed by atoms with Gasteiger partial charge in [-0.2, -0.15) is 5.01 Å². The van der Waals surface area contributed by atoms with Crippen LogP contribution in [0.3, 0.4) is 0 Å². The van der Waals surface area contributed by atoms with Crippen molar-refractivity contribution in [3.8, 4) is 0 Å². The molecule has 0 bridgehead atoms.